The van der Waals surface area contributed by atoms with E-state index in [-0.39, 0.29) is 11.3 Å². The van der Waals surface area contributed by atoms with Gasteiger partial charge in [0.2, 0.25) is 0 Å². The van der Waals surface area contributed by atoms with E-state index < -0.39 is 0 Å². The van der Waals surface area contributed by atoms with Gasteiger partial charge in [-0.2, -0.15) is 0 Å². The minimum atomic E-state index is 0.113. The van der Waals surface area contributed by atoms with Gasteiger partial charge < -0.3 is 4.57 Å². The Labute approximate surface area is 106 Å². The van der Waals surface area contributed by atoms with Crippen molar-refractivity contribution >= 4 is 5.78 Å². The molecule has 1 aromatic rings. The Kier molecular flexibility index (Phi) is 2.82. The van der Waals surface area contributed by atoms with Gasteiger partial charge in [0.25, 0.3) is 5.56 Å². The number of ketones is 1. The molecule has 3 rings (SSSR count). The van der Waals surface area contributed by atoms with E-state index in [2.05, 4.69) is 11.0 Å². The highest BCUT2D eigenvalue weighted by atomic mass is 16.1. The Morgan fingerprint density at radius 3 is 2.94 bits per heavy atom. The number of aromatic nitrogens is 1. The first-order chi connectivity index (χ1) is 8.63. The molecular weight excluding hydrogens is 228 g/mol. The monoisotopic (exact) mass is 246 g/mol. The molecule has 1 saturated heterocycles. The standard InChI is InChI=1S/C14H18N2O2/c1-10(17)6-15-7-11-5-12(9-15)13-3-2-4-14(18)16(13)8-11/h2-4,11-12H,5-9H2,1H3/t11-,12-/m0/s1. The maximum absolute atomic E-state index is 11.8. The molecule has 96 valence electrons. The lowest BCUT2D eigenvalue weighted by Gasteiger charge is -2.42. The first kappa shape index (κ1) is 11.7. The molecule has 2 atom stereocenters. The summed E-state index contributed by atoms with van der Waals surface area (Å²) < 4.78 is 1.92. The highest BCUT2D eigenvalue weighted by Gasteiger charge is 2.34. The SMILES string of the molecule is CC(=O)CN1C[C@@H]2C[C@@H](C1)c1cccc(=O)n1C2. The van der Waals surface area contributed by atoms with Crippen LogP contribution in [0.5, 0.6) is 0 Å². The van der Waals surface area contributed by atoms with E-state index in [1.807, 2.05) is 10.6 Å². The van der Waals surface area contributed by atoms with E-state index in [4.69, 9.17) is 0 Å². The molecule has 0 saturated carbocycles. The van der Waals surface area contributed by atoms with Gasteiger partial charge in [0.05, 0.1) is 6.54 Å². The highest BCUT2D eigenvalue weighted by molar-refractivity contribution is 5.77. The molecule has 0 N–H and O–H groups in total. The topological polar surface area (TPSA) is 42.3 Å². The van der Waals surface area contributed by atoms with Crippen LogP contribution in [-0.4, -0.2) is 34.9 Å². The Hall–Kier alpha value is -1.42. The van der Waals surface area contributed by atoms with Gasteiger partial charge in [-0.05, 0) is 25.3 Å². The van der Waals surface area contributed by atoms with Crippen molar-refractivity contribution in [3.8, 4) is 0 Å². The molecule has 0 amide bonds. The molecule has 1 fully saturated rings. The first-order valence-electron chi connectivity index (χ1n) is 6.55. The van der Waals surface area contributed by atoms with Crippen LogP contribution in [0.1, 0.15) is 25.0 Å². The van der Waals surface area contributed by atoms with Gasteiger partial charge in [-0.1, -0.05) is 6.07 Å². The maximum Gasteiger partial charge on any atom is 0.250 e. The summed E-state index contributed by atoms with van der Waals surface area (Å²) in [5.41, 5.74) is 1.26. The molecule has 4 heteroatoms. The highest BCUT2D eigenvalue weighted by Crippen LogP contribution is 2.34. The van der Waals surface area contributed by atoms with Gasteiger partial charge in [-0.3, -0.25) is 14.5 Å². The second-order valence-electron chi connectivity index (χ2n) is 5.59. The molecule has 18 heavy (non-hydrogen) atoms. The summed E-state index contributed by atoms with van der Waals surface area (Å²) in [6.45, 7) is 4.84. The predicted octanol–water partition coefficient (Wildman–Crippen LogP) is 0.856. The van der Waals surface area contributed by atoms with Crippen molar-refractivity contribution in [2.75, 3.05) is 19.6 Å². The number of hydrogen-bond acceptors (Lipinski definition) is 3. The quantitative estimate of drug-likeness (QED) is 0.777. The van der Waals surface area contributed by atoms with E-state index in [1.165, 1.54) is 0 Å². The first-order valence-corrected chi connectivity index (χ1v) is 6.55. The smallest absolute Gasteiger partial charge is 0.250 e. The zero-order valence-electron chi connectivity index (χ0n) is 10.6. The molecular formula is C14H18N2O2. The molecule has 4 nitrogen and oxygen atoms in total. The molecule has 0 spiro atoms. The van der Waals surface area contributed by atoms with Crippen LogP contribution in [0.2, 0.25) is 0 Å². The van der Waals surface area contributed by atoms with Crippen molar-refractivity contribution < 1.29 is 4.79 Å². The Bertz CT molecular complexity index is 535. The van der Waals surface area contributed by atoms with Crippen LogP contribution in [0.25, 0.3) is 0 Å². The Morgan fingerprint density at radius 1 is 1.33 bits per heavy atom. The minimum Gasteiger partial charge on any atom is -0.312 e. The average Bonchev–Trinajstić information content (AvgIpc) is 2.29. The second kappa shape index (κ2) is 4.35. The van der Waals surface area contributed by atoms with Crippen molar-refractivity contribution in [1.82, 2.24) is 9.47 Å². The van der Waals surface area contributed by atoms with Gasteiger partial charge in [0.1, 0.15) is 5.78 Å². The number of hydrogen-bond donors (Lipinski definition) is 0. The van der Waals surface area contributed by atoms with Crippen molar-refractivity contribution in [3.63, 3.8) is 0 Å². The number of pyridine rings is 1. The van der Waals surface area contributed by atoms with Crippen LogP contribution in [-0.2, 0) is 11.3 Å². The lowest BCUT2D eigenvalue weighted by atomic mass is 9.83. The molecule has 0 aliphatic carbocycles. The van der Waals surface area contributed by atoms with Crippen molar-refractivity contribution in [2.24, 2.45) is 5.92 Å². The summed E-state index contributed by atoms with van der Waals surface area (Å²) >= 11 is 0. The number of fused-ring (bicyclic) bond motifs is 4. The summed E-state index contributed by atoms with van der Waals surface area (Å²) in [6.07, 6.45) is 1.15. The summed E-state index contributed by atoms with van der Waals surface area (Å²) in [7, 11) is 0. The number of nitrogens with zero attached hydrogens (tertiary/aromatic N) is 2. The van der Waals surface area contributed by atoms with E-state index >= 15 is 0 Å². The molecule has 1 aromatic heterocycles. The molecule has 2 bridgehead atoms. The number of carbonyl (C=O) groups excluding carboxylic acids is 1. The fraction of sp³-hybridized carbons (Fsp3) is 0.571. The number of rotatable bonds is 2. The molecule has 0 unspecified atom stereocenters. The lowest BCUT2D eigenvalue weighted by molar-refractivity contribution is -0.118. The summed E-state index contributed by atoms with van der Waals surface area (Å²) in [5.74, 6) is 1.14. The number of piperidine rings is 1. The van der Waals surface area contributed by atoms with Crippen LogP contribution in [0.15, 0.2) is 23.0 Å². The van der Waals surface area contributed by atoms with Crippen molar-refractivity contribution in [2.45, 2.75) is 25.8 Å². The van der Waals surface area contributed by atoms with Gasteiger partial charge in [-0.15, -0.1) is 0 Å². The van der Waals surface area contributed by atoms with Crippen LogP contribution in [0.3, 0.4) is 0 Å². The zero-order valence-corrected chi connectivity index (χ0v) is 10.6. The molecule has 2 aliphatic heterocycles. The van der Waals surface area contributed by atoms with Crippen LogP contribution in [0.4, 0.5) is 0 Å². The van der Waals surface area contributed by atoms with Crippen LogP contribution in [0, 0.1) is 5.92 Å². The number of carbonyl (C=O) groups is 1. The van der Waals surface area contributed by atoms with E-state index in [1.54, 1.807) is 13.0 Å². The maximum atomic E-state index is 11.8. The number of Topliss-reactive ketones (excluding diaryl/α,β-unsaturated/α-hetero) is 1. The second-order valence-corrected chi connectivity index (χ2v) is 5.59. The van der Waals surface area contributed by atoms with Gasteiger partial charge in [0, 0.05) is 37.3 Å². The Morgan fingerprint density at radius 2 is 2.17 bits per heavy atom. The third-order valence-corrected chi connectivity index (χ3v) is 4.00. The fourth-order valence-corrected chi connectivity index (χ4v) is 3.44. The Balaban J connectivity index is 1.90. The molecule has 0 aromatic carbocycles. The van der Waals surface area contributed by atoms with E-state index in [9.17, 15) is 9.59 Å². The largest absolute Gasteiger partial charge is 0.312 e. The molecule has 0 radical (unpaired) electrons. The summed E-state index contributed by atoms with van der Waals surface area (Å²) in [5, 5.41) is 0. The molecule has 2 aliphatic rings. The lowest BCUT2D eigenvalue weighted by Crippen LogP contribution is -2.48. The summed E-state index contributed by atoms with van der Waals surface area (Å²) in [4.78, 5) is 25.3. The fourth-order valence-electron chi connectivity index (χ4n) is 3.44. The van der Waals surface area contributed by atoms with Gasteiger partial charge in [0.15, 0.2) is 0 Å². The predicted molar refractivity (Wildman–Crippen MR) is 68.7 cm³/mol. The molecule has 3 heterocycles. The van der Waals surface area contributed by atoms with E-state index in [0.717, 1.165) is 31.7 Å². The minimum absolute atomic E-state index is 0.113. The average molecular weight is 246 g/mol. The van der Waals surface area contributed by atoms with Crippen molar-refractivity contribution in [3.05, 3.63) is 34.2 Å². The summed E-state index contributed by atoms with van der Waals surface area (Å²) in [6, 6.07) is 5.54. The third kappa shape index (κ3) is 2.01. The zero-order chi connectivity index (χ0) is 12.7. The number of likely N-dealkylation sites (tertiary alicyclic amines) is 1. The van der Waals surface area contributed by atoms with Crippen LogP contribution < -0.4 is 5.56 Å². The van der Waals surface area contributed by atoms with E-state index in [0.29, 0.717) is 18.4 Å². The van der Waals surface area contributed by atoms with Crippen molar-refractivity contribution in [1.29, 1.82) is 0 Å². The normalized spacial score (nSPS) is 26.7. The third-order valence-electron chi connectivity index (χ3n) is 4.00. The van der Waals surface area contributed by atoms with Gasteiger partial charge in [-0.25, -0.2) is 0 Å². The van der Waals surface area contributed by atoms with Crippen LogP contribution >= 0.6 is 0 Å². The van der Waals surface area contributed by atoms with Gasteiger partial charge >= 0.3 is 0 Å².